The number of rotatable bonds is 9. The zero-order chi connectivity index (χ0) is 16.5. The lowest BCUT2D eigenvalue weighted by atomic mass is 9.83. The van der Waals surface area contributed by atoms with Crippen molar-refractivity contribution in [2.24, 2.45) is 0 Å². The lowest BCUT2D eigenvalue weighted by Crippen LogP contribution is -2.37. The molecular formula is C21H27NO. The number of hydrogen-bond donors (Lipinski definition) is 1. The van der Waals surface area contributed by atoms with Crippen LogP contribution in [0.2, 0.25) is 0 Å². The van der Waals surface area contributed by atoms with E-state index in [1.807, 2.05) is 18.2 Å². The second kappa shape index (κ2) is 8.66. The summed E-state index contributed by atoms with van der Waals surface area (Å²) in [7, 11) is 0. The second-order valence-corrected chi connectivity index (χ2v) is 5.72. The molecule has 122 valence electrons. The summed E-state index contributed by atoms with van der Waals surface area (Å²) in [4.78, 5) is 0. The molecule has 1 N–H and O–H groups in total. The molecule has 2 nitrogen and oxygen atoms in total. The van der Waals surface area contributed by atoms with E-state index in [-0.39, 0.29) is 0 Å². The van der Waals surface area contributed by atoms with Gasteiger partial charge in [0.15, 0.2) is 0 Å². The summed E-state index contributed by atoms with van der Waals surface area (Å²) in [6, 6.07) is 21.3. The molecule has 0 radical (unpaired) electrons. The SMILES string of the molecule is C=CC(C)NCCC(OCC)(c1ccccc1)c1ccccc1. The molecule has 0 saturated heterocycles. The molecule has 0 amide bonds. The average Bonchev–Trinajstić information content (AvgIpc) is 2.62. The fourth-order valence-electron chi connectivity index (χ4n) is 2.91. The summed E-state index contributed by atoms with van der Waals surface area (Å²) in [6.07, 6.45) is 2.79. The number of nitrogens with one attached hydrogen (secondary N) is 1. The maximum absolute atomic E-state index is 6.35. The highest BCUT2D eigenvalue weighted by molar-refractivity contribution is 5.36. The molecule has 2 rings (SSSR count). The second-order valence-electron chi connectivity index (χ2n) is 5.72. The topological polar surface area (TPSA) is 21.3 Å². The van der Waals surface area contributed by atoms with Crippen LogP contribution >= 0.6 is 0 Å². The van der Waals surface area contributed by atoms with E-state index in [1.165, 1.54) is 11.1 Å². The average molecular weight is 309 g/mol. The third kappa shape index (κ3) is 4.31. The Morgan fingerprint density at radius 1 is 1.04 bits per heavy atom. The van der Waals surface area contributed by atoms with Crippen molar-refractivity contribution in [2.45, 2.75) is 31.9 Å². The monoisotopic (exact) mass is 309 g/mol. The third-order valence-corrected chi connectivity index (χ3v) is 4.17. The van der Waals surface area contributed by atoms with Crippen LogP contribution in [0.3, 0.4) is 0 Å². The molecule has 0 spiro atoms. The summed E-state index contributed by atoms with van der Waals surface area (Å²) < 4.78 is 6.35. The first-order valence-corrected chi connectivity index (χ1v) is 8.34. The van der Waals surface area contributed by atoms with Crippen molar-refractivity contribution in [1.29, 1.82) is 0 Å². The van der Waals surface area contributed by atoms with Crippen molar-refractivity contribution in [3.8, 4) is 0 Å². The zero-order valence-corrected chi connectivity index (χ0v) is 14.2. The highest BCUT2D eigenvalue weighted by Crippen LogP contribution is 2.36. The first-order valence-electron chi connectivity index (χ1n) is 8.34. The molecule has 0 aliphatic heterocycles. The predicted molar refractivity (Wildman–Crippen MR) is 97.6 cm³/mol. The van der Waals surface area contributed by atoms with Crippen LogP contribution in [0, 0.1) is 0 Å². The van der Waals surface area contributed by atoms with Gasteiger partial charge in [-0.05, 0) is 37.9 Å². The standard InChI is InChI=1S/C21H27NO/c1-4-18(3)22-17-16-21(23-5-2,19-12-8-6-9-13-19)20-14-10-7-11-15-20/h4,6-15,18,22H,1,5,16-17H2,2-3H3. The third-order valence-electron chi connectivity index (χ3n) is 4.17. The van der Waals surface area contributed by atoms with Gasteiger partial charge >= 0.3 is 0 Å². The Kier molecular flexibility index (Phi) is 6.57. The minimum absolute atomic E-state index is 0.292. The lowest BCUT2D eigenvalue weighted by molar-refractivity contribution is -0.0174. The van der Waals surface area contributed by atoms with Gasteiger partial charge in [-0.15, -0.1) is 6.58 Å². The predicted octanol–water partition coefficient (Wildman–Crippen LogP) is 4.52. The molecule has 0 heterocycles. The summed E-state index contributed by atoms with van der Waals surface area (Å²) in [6.45, 7) is 9.53. The van der Waals surface area contributed by atoms with Crippen molar-refractivity contribution >= 4 is 0 Å². The van der Waals surface area contributed by atoms with Crippen molar-refractivity contribution in [1.82, 2.24) is 5.32 Å². The minimum Gasteiger partial charge on any atom is -0.366 e. The van der Waals surface area contributed by atoms with E-state index in [1.54, 1.807) is 0 Å². The van der Waals surface area contributed by atoms with Gasteiger partial charge in [-0.3, -0.25) is 0 Å². The van der Waals surface area contributed by atoms with Crippen molar-refractivity contribution in [3.63, 3.8) is 0 Å². The lowest BCUT2D eigenvalue weighted by Gasteiger charge is -2.35. The molecule has 2 aromatic rings. The van der Waals surface area contributed by atoms with Crippen LogP contribution < -0.4 is 5.32 Å². The van der Waals surface area contributed by atoms with Crippen LogP contribution in [-0.4, -0.2) is 19.2 Å². The van der Waals surface area contributed by atoms with Crippen LogP contribution in [0.15, 0.2) is 73.3 Å². The molecule has 23 heavy (non-hydrogen) atoms. The van der Waals surface area contributed by atoms with E-state index in [0.717, 1.165) is 13.0 Å². The number of hydrogen-bond acceptors (Lipinski definition) is 2. The summed E-state index contributed by atoms with van der Waals surface area (Å²) >= 11 is 0. The van der Waals surface area contributed by atoms with Gasteiger partial charge in [0.2, 0.25) is 0 Å². The highest BCUT2D eigenvalue weighted by atomic mass is 16.5. The maximum atomic E-state index is 6.35. The molecule has 2 aromatic carbocycles. The van der Waals surface area contributed by atoms with E-state index >= 15 is 0 Å². The molecular weight excluding hydrogens is 282 g/mol. The Morgan fingerprint density at radius 2 is 1.57 bits per heavy atom. The van der Waals surface area contributed by atoms with Crippen molar-refractivity contribution in [3.05, 3.63) is 84.4 Å². The first kappa shape index (κ1) is 17.5. The molecule has 1 atom stereocenters. The Morgan fingerprint density at radius 3 is 2.00 bits per heavy atom. The molecule has 0 aliphatic carbocycles. The van der Waals surface area contributed by atoms with E-state index in [4.69, 9.17) is 4.74 Å². The number of benzene rings is 2. The van der Waals surface area contributed by atoms with Crippen molar-refractivity contribution in [2.75, 3.05) is 13.2 Å². The van der Waals surface area contributed by atoms with Gasteiger partial charge in [0.1, 0.15) is 5.60 Å². The minimum atomic E-state index is -0.425. The van der Waals surface area contributed by atoms with Gasteiger partial charge in [0.05, 0.1) is 0 Å². The van der Waals surface area contributed by atoms with Gasteiger partial charge in [-0.1, -0.05) is 66.7 Å². The Labute approximate surface area is 140 Å². The Balaban J connectivity index is 2.37. The van der Waals surface area contributed by atoms with Gasteiger partial charge < -0.3 is 10.1 Å². The molecule has 0 bridgehead atoms. The number of ether oxygens (including phenoxy) is 1. The first-order chi connectivity index (χ1) is 11.2. The Bertz CT molecular complexity index is 540. The normalized spacial score (nSPS) is 12.8. The quantitative estimate of drug-likeness (QED) is 0.688. The fraction of sp³-hybridized carbons (Fsp3) is 0.333. The van der Waals surface area contributed by atoms with Gasteiger partial charge in [-0.25, -0.2) is 0 Å². The van der Waals surface area contributed by atoms with Crippen LogP contribution in [0.25, 0.3) is 0 Å². The van der Waals surface area contributed by atoms with Crippen LogP contribution in [-0.2, 0) is 10.3 Å². The maximum Gasteiger partial charge on any atom is 0.119 e. The summed E-state index contributed by atoms with van der Waals surface area (Å²) in [5, 5.41) is 3.49. The van der Waals surface area contributed by atoms with E-state index < -0.39 is 5.60 Å². The molecule has 0 aromatic heterocycles. The largest absolute Gasteiger partial charge is 0.366 e. The van der Waals surface area contributed by atoms with Gasteiger partial charge in [-0.2, -0.15) is 0 Å². The Hall–Kier alpha value is -1.90. The smallest absolute Gasteiger partial charge is 0.119 e. The van der Waals surface area contributed by atoms with Crippen LogP contribution in [0.1, 0.15) is 31.4 Å². The molecule has 0 aliphatic rings. The fourth-order valence-corrected chi connectivity index (χ4v) is 2.91. The molecule has 1 unspecified atom stereocenters. The van der Waals surface area contributed by atoms with Gasteiger partial charge in [0, 0.05) is 12.6 Å². The van der Waals surface area contributed by atoms with E-state index in [0.29, 0.717) is 12.6 Å². The van der Waals surface area contributed by atoms with Gasteiger partial charge in [0.25, 0.3) is 0 Å². The van der Waals surface area contributed by atoms with E-state index in [2.05, 4.69) is 74.3 Å². The van der Waals surface area contributed by atoms with Crippen LogP contribution in [0.4, 0.5) is 0 Å². The highest BCUT2D eigenvalue weighted by Gasteiger charge is 2.34. The van der Waals surface area contributed by atoms with Crippen molar-refractivity contribution < 1.29 is 4.74 Å². The van der Waals surface area contributed by atoms with E-state index in [9.17, 15) is 0 Å². The molecule has 0 fully saturated rings. The zero-order valence-electron chi connectivity index (χ0n) is 14.2. The molecule has 2 heteroatoms. The summed E-state index contributed by atoms with van der Waals surface area (Å²) in [5.74, 6) is 0. The van der Waals surface area contributed by atoms with Crippen LogP contribution in [0.5, 0.6) is 0 Å². The summed E-state index contributed by atoms with van der Waals surface area (Å²) in [5.41, 5.74) is 1.97. The molecule has 0 saturated carbocycles.